The summed E-state index contributed by atoms with van der Waals surface area (Å²) in [5.74, 6) is 0.655. The Labute approximate surface area is 86.0 Å². The van der Waals surface area contributed by atoms with Crippen molar-refractivity contribution in [2.75, 3.05) is 6.61 Å². The minimum Gasteiger partial charge on any atom is -0.475 e. The van der Waals surface area contributed by atoms with E-state index in [1.54, 1.807) is 0 Å². The highest BCUT2D eigenvalue weighted by molar-refractivity contribution is 5.89. The Kier molecular flexibility index (Phi) is 2.61. The van der Waals surface area contributed by atoms with E-state index in [-0.39, 0.29) is 11.0 Å². The van der Waals surface area contributed by atoms with Gasteiger partial charge >= 0.3 is 0 Å². The van der Waals surface area contributed by atoms with E-state index in [2.05, 4.69) is 25.8 Å². The van der Waals surface area contributed by atoms with E-state index in [4.69, 9.17) is 10.5 Å². The van der Waals surface area contributed by atoms with Gasteiger partial charge in [0, 0.05) is 17.2 Å². The van der Waals surface area contributed by atoms with Crippen molar-refractivity contribution in [2.45, 2.75) is 40.2 Å². The first kappa shape index (κ1) is 11.1. The predicted molar refractivity (Wildman–Crippen MR) is 59.2 cm³/mol. The van der Waals surface area contributed by atoms with Crippen LogP contribution in [0.3, 0.4) is 0 Å². The van der Waals surface area contributed by atoms with E-state index < -0.39 is 0 Å². The molecule has 0 spiro atoms. The van der Waals surface area contributed by atoms with Crippen molar-refractivity contribution in [3.8, 4) is 0 Å². The third-order valence-corrected chi connectivity index (χ3v) is 2.13. The molecule has 1 aliphatic heterocycles. The van der Waals surface area contributed by atoms with Crippen LogP contribution in [0.4, 0.5) is 0 Å². The first-order valence-electron chi connectivity index (χ1n) is 4.91. The molecule has 1 rings (SSSR count). The maximum atomic E-state index is 5.92. The zero-order valence-corrected chi connectivity index (χ0v) is 9.72. The highest BCUT2D eigenvalue weighted by Gasteiger charge is 2.26. The Morgan fingerprint density at radius 2 is 2.07 bits per heavy atom. The van der Waals surface area contributed by atoms with Crippen molar-refractivity contribution in [3.05, 3.63) is 11.8 Å². The van der Waals surface area contributed by atoms with Crippen molar-refractivity contribution in [2.24, 2.45) is 16.1 Å². The van der Waals surface area contributed by atoms with Crippen molar-refractivity contribution in [1.29, 1.82) is 0 Å². The van der Waals surface area contributed by atoms with E-state index >= 15 is 0 Å². The maximum Gasteiger partial charge on any atom is 0.211 e. The summed E-state index contributed by atoms with van der Waals surface area (Å²) in [5.41, 5.74) is 6.58. The predicted octanol–water partition coefficient (Wildman–Crippen LogP) is 2.08. The van der Waals surface area contributed by atoms with Crippen LogP contribution < -0.4 is 5.73 Å². The van der Waals surface area contributed by atoms with Gasteiger partial charge < -0.3 is 10.5 Å². The fraction of sp³-hybridized carbons (Fsp3) is 0.727. The molecule has 80 valence electrons. The molecule has 3 heteroatoms. The van der Waals surface area contributed by atoms with Gasteiger partial charge in [-0.2, -0.15) is 0 Å². The van der Waals surface area contributed by atoms with Gasteiger partial charge in [0.25, 0.3) is 0 Å². The van der Waals surface area contributed by atoms with Gasteiger partial charge in [-0.15, -0.1) is 0 Å². The molecular weight excluding hydrogens is 176 g/mol. The average molecular weight is 196 g/mol. The monoisotopic (exact) mass is 196 g/mol. The molecule has 0 amide bonds. The Morgan fingerprint density at radius 3 is 2.43 bits per heavy atom. The standard InChI is InChI=1S/C11H20N2O/c1-10(2,3)8(12)6-9-13-11(4,5)7-14-9/h6H,7,12H2,1-5H3. The molecule has 0 aliphatic carbocycles. The van der Waals surface area contributed by atoms with Crippen molar-refractivity contribution < 1.29 is 4.74 Å². The van der Waals surface area contributed by atoms with Gasteiger partial charge in [-0.3, -0.25) is 0 Å². The summed E-state index contributed by atoms with van der Waals surface area (Å²) in [6, 6.07) is 0. The zero-order chi connectivity index (χ0) is 11.0. The third-order valence-electron chi connectivity index (χ3n) is 2.13. The Hall–Kier alpha value is -0.990. The molecule has 0 aromatic carbocycles. The van der Waals surface area contributed by atoms with Gasteiger partial charge in [0.15, 0.2) is 0 Å². The summed E-state index contributed by atoms with van der Waals surface area (Å²) < 4.78 is 5.43. The lowest BCUT2D eigenvalue weighted by atomic mass is 9.92. The first-order chi connectivity index (χ1) is 6.21. The van der Waals surface area contributed by atoms with Crippen molar-refractivity contribution in [1.82, 2.24) is 0 Å². The van der Waals surface area contributed by atoms with Crippen LogP contribution in [0.5, 0.6) is 0 Å². The molecule has 0 saturated heterocycles. The number of hydrogen-bond acceptors (Lipinski definition) is 3. The molecule has 1 heterocycles. The summed E-state index contributed by atoms with van der Waals surface area (Å²) >= 11 is 0. The Balaban J connectivity index is 2.80. The van der Waals surface area contributed by atoms with Gasteiger partial charge in [-0.05, 0) is 13.8 Å². The molecule has 0 aromatic heterocycles. The second-order valence-electron chi connectivity index (χ2n) is 5.40. The van der Waals surface area contributed by atoms with Gasteiger partial charge in [-0.25, -0.2) is 4.99 Å². The molecule has 3 nitrogen and oxygen atoms in total. The second kappa shape index (κ2) is 3.30. The smallest absolute Gasteiger partial charge is 0.211 e. The molecule has 1 aliphatic rings. The van der Waals surface area contributed by atoms with Crippen molar-refractivity contribution in [3.63, 3.8) is 0 Å². The van der Waals surface area contributed by atoms with Crippen LogP contribution in [0.25, 0.3) is 0 Å². The molecule has 2 N–H and O–H groups in total. The quantitative estimate of drug-likeness (QED) is 0.698. The molecular formula is C11H20N2O. The largest absolute Gasteiger partial charge is 0.475 e. The lowest BCUT2D eigenvalue weighted by molar-refractivity contribution is 0.280. The number of hydrogen-bond donors (Lipinski definition) is 1. The Bertz CT molecular complexity index is 282. The normalized spacial score (nSPS) is 21.8. The van der Waals surface area contributed by atoms with Crippen LogP contribution in [0.1, 0.15) is 34.6 Å². The van der Waals surface area contributed by atoms with Gasteiger partial charge in [-0.1, -0.05) is 20.8 Å². The fourth-order valence-corrected chi connectivity index (χ4v) is 1.04. The highest BCUT2D eigenvalue weighted by Crippen LogP contribution is 2.23. The molecule has 0 unspecified atom stereocenters. The van der Waals surface area contributed by atoms with Crippen LogP contribution in [-0.4, -0.2) is 18.0 Å². The van der Waals surface area contributed by atoms with E-state index in [0.29, 0.717) is 12.5 Å². The zero-order valence-electron chi connectivity index (χ0n) is 9.72. The van der Waals surface area contributed by atoms with Crippen LogP contribution in [0, 0.1) is 5.41 Å². The minimum absolute atomic E-state index is 0.0292. The number of aliphatic imine (C=N–C) groups is 1. The SMILES string of the molecule is CC1(C)COC(C=C(N)C(C)(C)C)=N1. The second-order valence-corrected chi connectivity index (χ2v) is 5.40. The van der Waals surface area contributed by atoms with Crippen LogP contribution in [0.15, 0.2) is 16.8 Å². The highest BCUT2D eigenvalue weighted by atomic mass is 16.5. The lowest BCUT2D eigenvalue weighted by Gasteiger charge is -2.18. The minimum atomic E-state index is -0.107. The van der Waals surface area contributed by atoms with E-state index in [0.717, 1.165) is 5.70 Å². The van der Waals surface area contributed by atoms with Gasteiger partial charge in [0.1, 0.15) is 6.61 Å². The maximum absolute atomic E-state index is 5.92. The van der Waals surface area contributed by atoms with Crippen molar-refractivity contribution >= 4 is 5.90 Å². The van der Waals surface area contributed by atoms with Gasteiger partial charge in [0.05, 0.1) is 5.54 Å². The summed E-state index contributed by atoms with van der Waals surface area (Å²) in [6.07, 6.45) is 1.83. The first-order valence-corrected chi connectivity index (χ1v) is 4.91. The van der Waals surface area contributed by atoms with E-state index in [9.17, 15) is 0 Å². The van der Waals surface area contributed by atoms with E-state index in [1.807, 2.05) is 19.9 Å². The molecule has 0 fully saturated rings. The lowest BCUT2D eigenvalue weighted by Crippen LogP contribution is -2.18. The van der Waals surface area contributed by atoms with E-state index in [1.165, 1.54) is 0 Å². The number of ether oxygens (including phenoxy) is 1. The average Bonchev–Trinajstić information content (AvgIpc) is 2.28. The molecule has 0 saturated carbocycles. The van der Waals surface area contributed by atoms with Crippen LogP contribution in [-0.2, 0) is 4.74 Å². The molecule has 0 atom stereocenters. The molecule has 14 heavy (non-hydrogen) atoms. The molecule has 0 radical (unpaired) electrons. The van der Waals surface area contributed by atoms with Gasteiger partial charge in [0.2, 0.25) is 5.90 Å². The fourth-order valence-electron chi connectivity index (χ4n) is 1.04. The number of nitrogens with two attached hydrogens (primary N) is 1. The molecule has 0 bridgehead atoms. The van der Waals surface area contributed by atoms with Crippen LogP contribution in [0.2, 0.25) is 0 Å². The number of nitrogens with zero attached hydrogens (tertiary/aromatic N) is 1. The topological polar surface area (TPSA) is 47.6 Å². The number of rotatable bonds is 1. The summed E-state index contributed by atoms with van der Waals surface area (Å²) in [5, 5.41) is 0. The Morgan fingerprint density at radius 1 is 1.50 bits per heavy atom. The summed E-state index contributed by atoms with van der Waals surface area (Å²) in [6.45, 7) is 10.9. The summed E-state index contributed by atoms with van der Waals surface area (Å²) in [7, 11) is 0. The third kappa shape index (κ3) is 2.76. The summed E-state index contributed by atoms with van der Waals surface area (Å²) in [4.78, 5) is 4.41. The van der Waals surface area contributed by atoms with Crippen LogP contribution >= 0.6 is 0 Å². The number of allylic oxidation sites excluding steroid dienone is 1. The molecule has 0 aromatic rings.